The highest BCUT2D eigenvalue weighted by Gasteiger charge is 2.23. The zero-order valence-electron chi connectivity index (χ0n) is 12.0. The molecule has 2 rings (SSSR count). The largest absolute Gasteiger partial charge is 0.338 e. The van der Waals surface area contributed by atoms with E-state index in [9.17, 15) is 0 Å². The lowest BCUT2D eigenvalue weighted by atomic mass is 10.1. The van der Waals surface area contributed by atoms with Crippen LogP contribution in [0.5, 0.6) is 0 Å². The molecule has 0 unspecified atom stereocenters. The second-order valence-corrected chi connectivity index (χ2v) is 4.16. The van der Waals surface area contributed by atoms with Crippen molar-refractivity contribution in [3.63, 3.8) is 0 Å². The van der Waals surface area contributed by atoms with Crippen molar-refractivity contribution < 1.29 is 4.52 Å². The fraction of sp³-hybridized carbons (Fsp3) is 0.467. The first-order chi connectivity index (χ1) is 9.24. The molecule has 1 heterocycles. The molecule has 2 N–H and O–H groups in total. The van der Waals surface area contributed by atoms with Gasteiger partial charge in [0.15, 0.2) is 0 Å². The van der Waals surface area contributed by atoms with Crippen LogP contribution in [0.4, 0.5) is 0 Å². The molecular formula is C15H23N3O. The summed E-state index contributed by atoms with van der Waals surface area (Å²) in [5.74, 6) is 1.66. The first kappa shape index (κ1) is 15.4. The van der Waals surface area contributed by atoms with E-state index in [-0.39, 0.29) is 6.54 Å². The van der Waals surface area contributed by atoms with E-state index in [1.165, 1.54) is 12.8 Å². The van der Waals surface area contributed by atoms with Gasteiger partial charge in [-0.1, -0.05) is 43.3 Å². The summed E-state index contributed by atoms with van der Waals surface area (Å²) in [6.45, 7) is 10.3. The van der Waals surface area contributed by atoms with Crippen molar-refractivity contribution in [1.29, 1.82) is 0 Å². The molecule has 0 aromatic carbocycles. The predicted octanol–water partition coefficient (Wildman–Crippen LogP) is 3.48. The molecule has 0 amide bonds. The number of nitrogens with two attached hydrogens (primary N) is 1. The normalized spacial score (nSPS) is 15.3. The third kappa shape index (κ3) is 4.48. The lowest BCUT2D eigenvalue weighted by Crippen LogP contribution is -1.96. The Hall–Kier alpha value is -1.68. The van der Waals surface area contributed by atoms with Crippen LogP contribution in [0.1, 0.15) is 45.3 Å². The van der Waals surface area contributed by atoms with E-state index in [0.29, 0.717) is 17.6 Å². The van der Waals surface area contributed by atoms with Gasteiger partial charge in [0, 0.05) is 5.57 Å². The van der Waals surface area contributed by atoms with Gasteiger partial charge in [-0.3, -0.25) is 0 Å². The van der Waals surface area contributed by atoms with E-state index in [1.54, 1.807) is 0 Å². The van der Waals surface area contributed by atoms with Crippen LogP contribution in [0.3, 0.4) is 0 Å². The average molecular weight is 261 g/mol. The number of nitrogens with zero attached hydrogens (tertiary/aromatic N) is 2. The molecule has 0 saturated heterocycles. The van der Waals surface area contributed by atoms with Crippen molar-refractivity contribution >= 4 is 5.57 Å². The van der Waals surface area contributed by atoms with Crippen molar-refractivity contribution in [1.82, 2.24) is 10.1 Å². The number of hydrogen-bond acceptors (Lipinski definition) is 4. The van der Waals surface area contributed by atoms with Gasteiger partial charge in [-0.25, -0.2) is 0 Å². The molecule has 1 aliphatic rings. The topological polar surface area (TPSA) is 64.9 Å². The monoisotopic (exact) mass is 261 g/mol. The van der Waals surface area contributed by atoms with Crippen LogP contribution in [0.25, 0.3) is 5.57 Å². The minimum atomic E-state index is 0.264. The quantitative estimate of drug-likeness (QED) is 0.824. The molecule has 1 aromatic heterocycles. The molecule has 104 valence electrons. The second kappa shape index (κ2) is 7.69. The van der Waals surface area contributed by atoms with Crippen molar-refractivity contribution in [2.75, 3.05) is 0 Å². The van der Waals surface area contributed by atoms with E-state index in [1.807, 2.05) is 39.0 Å². The molecule has 4 nitrogen and oxygen atoms in total. The number of allylic oxidation sites excluding steroid dienone is 5. The minimum absolute atomic E-state index is 0.264. The van der Waals surface area contributed by atoms with Gasteiger partial charge < -0.3 is 10.3 Å². The van der Waals surface area contributed by atoms with Gasteiger partial charge in [0.1, 0.15) is 0 Å². The Morgan fingerprint density at radius 1 is 1.47 bits per heavy atom. The molecule has 0 spiro atoms. The smallest absolute Gasteiger partial charge is 0.240 e. The second-order valence-electron chi connectivity index (χ2n) is 4.16. The lowest BCUT2D eigenvalue weighted by molar-refractivity contribution is 0.378. The summed E-state index contributed by atoms with van der Waals surface area (Å²) in [4.78, 5) is 4.22. The maximum absolute atomic E-state index is 5.45. The Morgan fingerprint density at radius 3 is 2.63 bits per heavy atom. The maximum atomic E-state index is 5.45. The summed E-state index contributed by atoms with van der Waals surface area (Å²) in [7, 11) is 0. The molecule has 19 heavy (non-hydrogen) atoms. The van der Waals surface area contributed by atoms with Crippen molar-refractivity contribution in [2.45, 2.75) is 40.2 Å². The summed E-state index contributed by atoms with van der Waals surface area (Å²) in [5.41, 5.74) is 7.51. The highest BCUT2D eigenvalue weighted by atomic mass is 16.5. The minimum Gasteiger partial charge on any atom is -0.338 e. The zero-order valence-corrected chi connectivity index (χ0v) is 12.0. The van der Waals surface area contributed by atoms with E-state index >= 15 is 0 Å². The maximum Gasteiger partial charge on any atom is 0.240 e. The van der Waals surface area contributed by atoms with Gasteiger partial charge in [0.25, 0.3) is 0 Å². The molecule has 0 atom stereocenters. The van der Waals surface area contributed by atoms with Crippen LogP contribution < -0.4 is 5.73 Å². The van der Waals surface area contributed by atoms with E-state index in [2.05, 4.69) is 16.7 Å². The molecule has 1 fully saturated rings. The highest BCUT2D eigenvalue weighted by molar-refractivity contribution is 5.71. The Kier molecular flexibility index (Phi) is 6.22. The fourth-order valence-electron chi connectivity index (χ4n) is 1.59. The Bertz CT molecular complexity index is 467. The van der Waals surface area contributed by atoms with Gasteiger partial charge >= 0.3 is 0 Å². The molecule has 0 bridgehead atoms. The SMILES string of the molecule is C=C(/C=C(\C=C/C)c1noc(CN)n1)C1CC1.CC. The van der Waals surface area contributed by atoms with Gasteiger partial charge in [-0.2, -0.15) is 4.98 Å². The highest BCUT2D eigenvalue weighted by Crippen LogP contribution is 2.37. The van der Waals surface area contributed by atoms with Crippen LogP contribution >= 0.6 is 0 Å². The summed E-state index contributed by atoms with van der Waals surface area (Å²) >= 11 is 0. The van der Waals surface area contributed by atoms with E-state index in [0.717, 1.165) is 11.1 Å². The Balaban J connectivity index is 0.000000861. The predicted molar refractivity (Wildman–Crippen MR) is 78.2 cm³/mol. The van der Waals surface area contributed by atoms with Crippen molar-refractivity contribution in [3.8, 4) is 0 Å². The number of hydrogen-bond donors (Lipinski definition) is 1. The molecular weight excluding hydrogens is 238 g/mol. The number of aromatic nitrogens is 2. The van der Waals surface area contributed by atoms with E-state index < -0.39 is 0 Å². The molecule has 1 saturated carbocycles. The first-order valence-electron chi connectivity index (χ1n) is 6.80. The summed E-state index contributed by atoms with van der Waals surface area (Å²) < 4.78 is 5.01. The molecule has 1 aromatic rings. The average Bonchev–Trinajstić information content (AvgIpc) is 3.18. The van der Waals surface area contributed by atoms with Crippen molar-refractivity contribution in [2.24, 2.45) is 11.7 Å². The third-order valence-corrected chi connectivity index (χ3v) is 2.69. The zero-order chi connectivity index (χ0) is 14.3. The van der Waals surface area contributed by atoms with Gasteiger partial charge in [-0.15, -0.1) is 0 Å². The third-order valence-electron chi connectivity index (χ3n) is 2.69. The van der Waals surface area contributed by atoms with Gasteiger partial charge in [0.05, 0.1) is 6.54 Å². The van der Waals surface area contributed by atoms with Crippen LogP contribution in [0.15, 0.2) is 34.9 Å². The van der Waals surface area contributed by atoms with Gasteiger partial charge in [-0.05, 0) is 31.8 Å². The molecule has 1 aliphatic carbocycles. The van der Waals surface area contributed by atoms with E-state index in [4.69, 9.17) is 10.3 Å². The molecule has 4 heteroatoms. The van der Waals surface area contributed by atoms with Crippen molar-refractivity contribution in [3.05, 3.63) is 42.1 Å². The Morgan fingerprint density at radius 2 is 2.16 bits per heavy atom. The van der Waals surface area contributed by atoms with Crippen LogP contribution in [0, 0.1) is 5.92 Å². The summed E-state index contributed by atoms with van der Waals surface area (Å²) in [6, 6.07) is 0. The fourth-order valence-corrected chi connectivity index (χ4v) is 1.59. The lowest BCUT2D eigenvalue weighted by Gasteiger charge is -1.98. The summed E-state index contributed by atoms with van der Waals surface area (Å²) in [6.07, 6.45) is 8.41. The Labute approximate surface area is 115 Å². The van der Waals surface area contributed by atoms with Gasteiger partial charge in [0.2, 0.25) is 11.7 Å². The van der Waals surface area contributed by atoms with Crippen LogP contribution in [0.2, 0.25) is 0 Å². The summed E-state index contributed by atoms with van der Waals surface area (Å²) in [5, 5.41) is 3.91. The van der Waals surface area contributed by atoms with Crippen LogP contribution in [-0.4, -0.2) is 10.1 Å². The number of rotatable bonds is 5. The standard InChI is InChI=1S/C13H17N3O.C2H6/c1-3-4-11(7-9(2)10-5-6-10)13-15-12(8-14)17-16-13;1-2/h3-4,7,10H,2,5-6,8,14H2,1H3;1-2H3/b4-3-,11-7+;. The molecule has 0 radical (unpaired) electrons. The first-order valence-corrected chi connectivity index (χ1v) is 6.80. The molecule has 0 aliphatic heterocycles. The van der Waals surface area contributed by atoms with Crippen LogP contribution in [-0.2, 0) is 6.54 Å².